The van der Waals surface area contributed by atoms with Crippen LogP contribution in [0.4, 0.5) is 5.13 Å². The van der Waals surface area contributed by atoms with Crippen LogP contribution in [-0.2, 0) is 17.7 Å². The van der Waals surface area contributed by atoms with E-state index in [2.05, 4.69) is 31.0 Å². The van der Waals surface area contributed by atoms with Gasteiger partial charge in [-0.2, -0.15) is 0 Å². The van der Waals surface area contributed by atoms with E-state index < -0.39 is 0 Å². The number of nitrogens with zero attached hydrogens (tertiary/aromatic N) is 2. The Kier molecular flexibility index (Phi) is 4.82. The summed E-state index contributed by atoms with van der Waals surface area (Å²) in [5, 5.41) is 4.82. The second kappa shape index (κ2) is 6.63. The zero-order valence-corrected chi connectivity index (χ0v) is 14.2. The van der Waals surface area contributed by atoms with E-state index in [4.69, 9.17) is 9.72 Å². The van der Waals surface area contributed by atoms with Crippen molar-refractivity contribution in [3.63, 3.8) is 0 Å². The SMILES string of the molecule is CCc1nc(N2CC(C)OCC2CC)sc1CNC1CC1. The highest BCUT2D eigenvalue weighted by atomic mass is 32.1. The number of hydrogen-bond donors (Lipinski definition) is 1. The van der Waals surface area contributed by atoms with Gasteiger partial charge in [0.05, 0.1) is 24.4 Å². The van der Waals surface area contributed by atoms with Gasteiger partial charge in [-0.1, -0.05) is 13.8 Å². The fourth-order valence-electron chi connectivity index (χ4n) is 2.85. The number of anilines is 1. The predicted octanol–water partition coefficient (Wildman–Crippen LogP) is 2.96. The summed E-state index contributed by atoms with van der Waals surface area (Å²) in [6.45, 7) is 9.38. The fraction of sp³-hybridized carbons (Fsp3) is 0.812. The first-order valence-electron chi connectivity index (χ1n) is 8.31. The Morgan fingerprint density at radius 3 is 2.86 bits per heavy atom. The van der Waals surface area contributed by atoms with Crippen molar-refractivity contribution in [2.75, 3.05) is 18.1 Å². The summed E-state index contributed by atoms with van der Waals surface area (Å²) in [6, 6.07) is 1.23. The molecule has 1 aliphatic carbocycles. The standard InChI is InChI=1S/C16H27N3OS/c1-4-13-10-20-11(3)9-19(13)16-18-14(5-2)15(21-16)8-17-12-6-7-12/h11-13,17H,4-10H2,1-3H3. The lowest BCUT2D eigenvalue weighted by Crippen LogP contribution is -2.48. The molecular formula is C16H27N3OS. The lowest BCUT2D eigenvalue weighted by molar-refractivity contribution is 0.0299. The van der Waals surface area contributed by atoms with Gasteiger partial charge >= 0.3 is 0 Å². The van der Waals surface area contributed by atoms with Crippen molar-refractivity contribution in [1.82, 2.24) is 10.3 Å². The highest BCUT2D eigenvalue weighted by molar-refractivity contribution is 7.15. The first-order chi connectivity index (χ1) is 10.2. The molecule has 2 unspecified atom stereocenters. The Bertz CT molecular complexity index is 472. The Balaban J connectivity index is 1.75. The number of rotatable bonds is 6. The van der Waals surface area contributed by atoms with E-state index in [1.165, 1.54) is 28.5 Å². The van der Waals surface area contributed by atoms with E-state index in [1.54, 1.807) is 0 Å². The molecule has 118 valence electrons. The van der Waals surface area contributed by atoms with E-state index in [9.17, 15) is 0 Å². The third-order valence-electron chi connectivity index (χ3n) is 4.42. The highest BCUT2D eigenvalue weighted by Crippen LogP contribution is 2.31. The van der Waals surface area contributed by atoms with E-state index in [0.717, 1.165) is 38.6 Å². The molecule has 0 amide bonds. The van der Waals surface area contributed by atoms with Gasteiger partial charge in [0.25, 0.3) is 0 Å². The molecule has 1 N–H and O–H groups in total. The monoisotopic (exact) mass is 309 g/mol. The largest absolute Gasteiger partial charge is 0.375 e. The maximum atomic E-state index is 5.81. The first-order valence-corrected chi connectivity index (χ1v) is 9.13. The number of aryl methyl sites for hydroxylation is 1. The summed E-state index contributed by atoms with van der Waals surface area (Å²) in [4.78, 5) is 8.83. The fourth-order valence-corrected chi connectivity index (χ4v) is 4.03. The van der Waals surface area contributed by atoms with Crippen molar-refractivity contribution in [3.05, 3.63) is 10.6 Å². The van der Waals surface area contributed by atoms with Crippen LogP contribution >= 0.6 is 11.3 Å². The summed E-state index contributed by atoms with van der Waals surface area (Å²) in [6.07, 6.45) is 5.12. The summed E-state index contributed by atoms with van der Waals surface area (Å²) in [5.74, 6) is 0. The molecule has 1 saturated carbocycles. The van der Waals surface area contributed by atoms with Crippen LogP contribution in [0.1, 0.15) is 50.6 Å². The van der Waals surface area contributed by atoms with Crippen LogP contribution in [0, 0.1) is 0 Å². The minimum atomic E-state index is 0.301. The van der Waals surface area contributed by atoms with Crippen LogP contribution in [0.25, 0.3) is 0 Å². The molecule has 21 heavy (non-hydrogen) atoms. The minimum absolute atomic E-state index is 0.301. The zero-order valence-electron chi connectivity index (χ0n) is 13.4. The van der Waals surface area contributed by atoms with E-state index in [1.807, 2.05) is 11.3 Å². The number of thiazole rings is 1. The maximum Gasteiger partial charge on any atom is 0.186 e. The average Bonchev–Trinajstić information content (AvgIpc) is 3.23. The number of ether oxygens (including phenoxy) is 1. The molecule has 1 aliphatic heterocycles. The van der Waals surface area contributed by atoms with Crippen LogP contribution in [0.5, 0.6) is 0 Å². The van der Waals surface area contributed by atoms with E-state index >= 15 is 0 Å². The van der Waals surface area contributed by atoms with E-state index in [-0.39, 0.29) is 0 Å². The Morgan fingerprint density at radius 1 is 1.38 bits per heavy atom. The lowest BCUT2D eigenvalue weighted by Gasteiger charge is -2.38. The van der Waals surface area contributed by atoms with Crippen molar-refractivity contribution < 1.29 is 4.74 Å². The lowest BCUT2D eigenvalue weighted by atomic mass is 10.1. The number of aromatic nitrogens is 1. The summed E-state index contributed by atoms with van der Waals surface area (Å²) in [5.41, 5.74) is 1.28. The van der Waals surface area contributed by atoms with Gasteiger partial charge in [0.15, 0.2) is 5.13 Å². The van der Waals surface area contributed by atoms with Crippen molar-refractivity contribution in [3.8, 4) is 0 Å². The Hall–Kier alpha value is -0.650. The number of morpholine rings is 1. The molecule has 3 rings (SSSR count). The highest BCUT2D eigenvalue weighted by Gasteiger charge is 2.29. The Labute approximate surface area is 131 Å². The second-order valence-electron chi connectivity index (χ2n) is 6.23. The van der Waals surface area contributed by atoms with Gasteiger partial charge in [-0.25, -0.2) is 4.98 Å². The minimum Gasteiger partial charge on any atom is -0.375 e. The maximum absolute atomic E-state index is 5.81. The topological polar surface area (TPSA) is 37.4 Å². The van der Waals surface area contributed by atoms with Crippen LogP contribution in [0.15, 0.2) is 0 Å². The third-order valence-corrected chi connectivity index (χ3v) is 5.55. The van der Waals surface area contributed by atoms with Crippen LogP contribution in [0.2, 0.25) is 0 Å². The number of hydrogen-bond acceptors (Lipinski definition) is 5. The molecule has 2 aliphatic rings. The normalized spacial score (nSPS) is 26.3. The summed E-state index contributed by atoms with van der Waals surface area (Å²) >= 11 is 1.88. The van der Waals surface area contributed by atoms with Gasteiger partial charge < -0.3 is 15.0 Å². The van der Waals surface area contributed by atoms with Crippen molar-refractivity contribution in [2.24, 2.45) is 0 Å². The van der Waals surface area contributed by atoms with Crippen LogP contribution in [-0.4, -0.2) is 36.3 Å². The molecule has 1 aromatic heterocycles. The van der Waals surface area contributed by atoms with Gasteiger partial charge in [0.2, 0.25) is 0 Å². The predicted molar refractivity (Wildman–Crippen MR) is 88.2 cm³/mol. The van der Waals surface area contributed by atoms with Crippen LogP contribution in [0.3, 0.4) is 0 Å². The van der Waals surface area contributed by atoms with Crippen molar-refractivity contribution >= 4 is 16.5 Å². The number of nitrogens with one attached hydrogen (secondary N) is 1. The molecule has 5 heteroatoms. The average molecular weight is 309 g/mol. The summed E-state index contributed by atoms with van der Waals surface area (Å²) in [7, 11) is 0. The molecule has 2 atom stereocenters. The molecule has 2 fully saturated rings. The van der Waals surface area contributed by atoms with Crippen molar-refractivity contribution in [1.29, 1.82) is 0 Å². The van der Waals surface area contributed by atoms with Gasteiger partial charge in [-0.05, 0) is 32.6 Å². The molecule has 0 spiro atoms. The summed E-state index contributed by atoms with van der Waals surface area (Å²) < 4.78 is 5.81. The van der Waals surface area contributed by atoms with Crippen molar-refractivity contribution in [2.45, 2.75) is 71.2 Å². The quantitative estimate of drug-likeness (QED) is 0.876. The first kappa shape index (κ1) is 15.3. The van der Waals surface area contributed by atoms with Gasteiger partial charge in [0.1, 0.15) is 0 Å². The second-order valence-corrected chi connectivity index (χ2v) is 7.30. The van der Waals surface area contributed by atoms with E-state index in [0.29, 0.717) is 12.1 Å². The molecule has 1 aromatic rings. The van der Waals surface area contributed by atoms with Gasteiger partial charge in [0, 0.05) is 24.0 Å². The molecule has 1 saturated heterocycles. The van der Waals surface area contributed by atoms with Gasteiger partial charge in [-0.15, -0.1) is 11.3 Å². The molecule has 0 bridgehead atoms. The zero-order chi connectivity index (χ0) is 14.8. The molecule has 0 aromatic carbocycles. The van der Waals surface area contributed by atoms with Crippen LogP contribution < -0.4 is 10.2 Å². The molecule has 2 heterocycles. The van der Waals surface area contributed by atoms with Gasteiger partial charge in [-0.3, -0.25) is 0 Å². The smallest absolute Gasteiger partial charge is 0.186 e. The Morgan fingerprint density at radius 2 is 2.19 bits per heavy atom. The molecule has 4 nitrogen and oxygen atoms in total. The molecular weight excluding hydrogens is 282 g/mol. The third kappa shape index (κ3) is 3.58. The molecule has 0 radical (unpaired) electrons.